The Morgan fingerprint density at radius 1 is 1.00 bits per heavy atom. The van der Waals surface area contributed by atoms with Crippen LogP contribution in [0.25, 0.3) is 11.0 Å². The fraction of sp³-hybridized carbons (Fsp3) is 0.292. The molecule has 0 radical (unpaired) electrons. The van der Waals surface area contributed by atoms with Crippen molar-refractivity contribution < 1.29 is 14.4 Å². The minimum atomic E-state index is -1.53. The van der Waals surface area contributed by atoms with Crippen LogP contribution < -0.4 is 15.1 Å². The summed E-state index contributed by atoms with van der Waals surface area (Å²) in [5, 5.41) is 2.75. The highest BCUT2D eigenvalue weighted by molar-refractivity contribution is 6.22. The summed E-state index contributed by atoms with van der Waals surface area (Å²) in [7, 11) is 0. The monoisotopic (exact) mass is 444 g/mol. The number of likely N-dealkylation sites (N-methyl/N-ethyl adjacent to an activating group) is 1. The van der Waals surface area contributed by atoms with Crippen molar-refractivity contribution >= 4 is 46.4 Å². The van der Waals surface area contributed by atoms with Crippen molar-refractivity contribution in [1.82, 2.24) is 14.9 Å². The summed E-state index contributed by atoms with van der Waals surface area (Å²) in [6.45, 7) is 5.79. The molecule has 5 rings (SSSR count). The average molecular weight is 444 g/mol. The maximum atomic E-state index is 14.1. The Morgan fingerprint density at radius 3 is 2.45 bits per heavy atom. The van der Waals surface area contributed by atoms with Crippen LogP contribution in [0.15, 0.2) is 53.5 Å². The number of hydrogen-bond acceptors (Lipinski definition) is 5. The van der Waals surface area contributed by atoms with Crippen molar-refractivity contribution in [2.24, 2.45) is 4.99 Å². The molecular formula is C24H24N6O3. The summed E-state index contributed by atoms with van der Waals surface area (Å²) in [5.74, 6) is -0.596. The molecule has 0 saturated heterocycles. The number of carbonyl (C=O) groups excluding carboxylic acids is 3. The van der Waals surface area contributed by atoms with Crippen molar-refractivity contribution in [3.05, 3.63) is 54.1 Å². The maximum Gasteiger partial charge on any atom is 0.281 e. The Hall–Kier alpha value is -4.01. The van der Waals surface area contributed by atoms with E-state index in [-0.39, 0.29) is 42.5 Å². The molecule has 1 spiro atoms. The van der Waals surface area contributed by atoms with Crippen molar-refractivity contribution in [2.45, 2.75) is 39.3 Å². The van der Waals surface area contributed by atoms with E-state index in [2.05, 4.69) is 5.32 Å². The van der Waals surface area contributed by atoms with Gasteiger partial charge in [-0.25, -0.2) is 14.9 Å². The summed E-state index contributed by atoms with van der Waals surface area (Å²) >= 11 is 0. The molecule has 0 fully saturated rings. The Balaban J connectivity index is 1.91. The van der Waals surface area contributed by atoms with Gasteiger partial charge in [-0.1, -0.05) is 44.2 Å². The fourth-order valence-electron chi connectivity index (χ4n) is 4.57. The minimum Gasteiger partial charge on any atom is -0.308 e. The first kappa shape index (κ1) is 20.9. The first-order valence-corrected chi connectivity index (χ1v) is 11.1. The normalized spacial score (nSPS) is 19.0. The number of benzene rings is 2. The number of imidazole rings is 1. The highest BCUT2D eigenvalue weighted by Gasteiger charge is 2.57. The van der Waals surface area contributed by atoms with Crippen LogP contribution in [0.4, 0.5) is 11.6 Å². The van der Waals surface area contributed by atoms with Crippen molar-refractivity contribution in [3.63, 3.8) is 0 Å². The standard InChI is InChI=1S/C24H24N6O3/c1-4-19(31)26-22-27-24(15-11-7-9-13-17(15)28(6-3)21(24)33)30-18-14-10-8-12-16(18)25-23(30)29(22)20(32)5-2/h7-14H,4-6H2,1-3H3,(H,26,27,31)/t24-/m0/s1. The van der Waals surface area contributed by atoms with E-state index in [1.165, 1.54) is 4.90 Å². The molecule has 2 aliphatic rings. The third-order valence-electron chi connectivity index (χ3n) is 6.10. The van der Waals surface area contributed by atoms with E-state index in [9.17, 15) is 14.4 Å². The number of carbonyl (C=O) groups is 3. The van der Waals surface area contributed by atoms with E-state index in [4.69, 9.17) is 9.98 Å². The molecule has 1 atom stereocenters. The van der Waals surface area contributed by atoms with E-state index >= 15 is 0 Å². The topological polar surface area (TPSA) is 99.9 Å². The van der Waals surface area contributed by atoms with Gasteiger partial charge in [0, 0.05) is 24.9 Å². The molecule has 3 amide bonds. The zero-order chi connectivity index (χ0) is 23.3. The predicted octanol–water partition coefficient (Wildman–Crippen LogP) is 2.74. The summed E-state index contributed by atoms with van der Waals surface area (Å²) in [5.41, 5.74) is 1.19. The van der Waals surface area contributed by atoms with Crippen LogP contribution in [0.5, 0.6) is 0 Å². The quantitative estimate of drug-likeness (QED) is 0.671. The van der Waals surface area contributed by atoms with Gasteiger partial charge in [0.25, 0.3) is 5.91 Å². The first-order chi connectivity index (χ1) is 16.0. The van der Waals surface area contributed by atoms with Crippen molar-refractivity contribution in [1.29, 1.82) is 0 Å². The number of fused-ring (bicyclic) bond motifs is 6. The van der Waals surface area contributed by atoms with Crippen LogP contribution in [0.1, 0.15) is 39.2 Å². The smallest absolute Gasteiger partial charge is 0.281 e. The molecule has 1 aromatic heterocycles. The number of aromatic nitrogens is 2. The van der Waals surface area contributed by atoms with Crippen LogP contribution in [0.3, 0.4) is 0 Å². The van der Waals surface area contributed by atoms with Crippen LogP contribution >= 0.6 is 0 Å². The summed E-state index contributed by atoms with van der Waals surface area (Å²) < 4.78 is 1.73. The molecule has 1 N–H and O–H groups in total. The lowest BCUT2D eigenvalue weighted by atomic mass is 10.00. The Bertz CT molecular complexity index is 1340. The van der Waals surface area contributed by atoms with Gasteiger partial charge in [-0.2, -0.15) is 0 Å². The molecule has 9 nitrogen and oxygen atoms in total. The third kappa shape index (κ3) is 2.75. The van der Waals surface area contributed by atoms with Crippen LogP contribution in [-0.2, 0) is 20.0 Å². The van der Waals surface area contributed by atoms with Gasteiger partial charge in [0.05, 0.1) is 16.7 Å². The summed E-state index contributed by atoms with van der Waals surface area (Å²) in [6, 6.07) is 14.9. The third-order valence-corrected chi connectivity index (χ3v) is 6.10. The molecule has 0 aliphatic carbocycles. The number of rotatable bonds is 3. The minimum absolute atomic E-state index is 0.0117. The van der Waals surface area contributed by atoms with E-state index < -0.39 is 5.66 Å². The predicted molar refractivity (Wildman–Crippen MR) is 125 cm³/mol. The molecule has 3 aromatic rings. The zero-order valence-corrected chi connectivity index (χ0v) is 18.7. The lowest BCUT2D eigenvalue weighted by molar-refractivity contribution is -0.124. The van der Waals surface area contributed by atoms with Gasteiger partial charge in [0.1, 0.15) is 0 Å². The largest absolute Gasteiger partial charge is 0.308 e. The molecule has 0 unspecified atom stereocenters. The van der Waals surface area contributed by atoms with Crippen LogP contribution in [0.2, 0.25) is 0 Å². The van der Waals surface area contributed by atoms with E-state index in [0.717, 1.165) is 5.69 Å². The van der Waals surface area contributed by atoms with Gasteiger partial charge in [-0.15, -0.1) is 0 Å². The molecule has 168 valence electrons. The number of amides is 3. The number of aliphatic imine (C=N–C) groups is 1. The van der Waals surface area contributed by atoms with E-state index in [1.54, 1.807) is 23.3 Å². The molecule has 33 heavy (non-hydrogen) atoms. The summed E-state index contributed by atoms with van der Waals surface area (Å²) in [4.78, 5) is 52.1. The number of nitrogens with one attached hydrogen (secondary N) is 1. The number of hydrogen-bond donors (Lipinski definition) is 1. The van der Waals surface area contributed by atoms with Gasteiger partial charge >= 0.3 is 0 Å². The highest BCUT2D eigenvalue weighted by Crippen LogP contribution is 2.49. The van der Waals surface area contributed by atoms with Gasteiger partial charge in [-0.05, 0) is 25.1 Å². The maximum absolute atomic E-state index is 14.1. The molecular weight excluding hydrogens is 420 g/mol. The number of guanidine groups is 1. The fourth-order valence-corrected chi connectivity index (χ4v) is 4.57. The summed E-state index contributed by atoms with van der Waals surface area (Å²) in [6.07, 6.45) is 0.366. The van der Waals surface area contributed by atoms with Crippen molar-refractivity contribution in [3.8, 4) is 0 Å². The second kappa shape index (κ2) is 7.54. The molecule has 9 heteroatoms. The molecule has 2 aromatic carbocycles. The van der Waals surface area contributed by atoms with E-state index in [0.29, 0.717) is 23.1 Å². The SMILES string of the molecule is CCC(=O)NC1=N[C@]2(C(=O)N(CC)c3ccccc32)n2c(nc3ccccc32)N1C(=O)CC. The van der Waals surface area contributed by atoms with Gasteiger partial charge in [0.15, 0.2) is 0 Å². The Morgan fingerprint density at radius 2 is 1.73 bits per heavy atom. The van der Waals surface area contributed by atoms with E-state index in [1.807, 2.05) is 55.5 Å². The average Bonchev–Trinajstić information content (AvgIpc) is 3.33. The molecule has 3 heterocycles. The van der Waals surface area contributed by atoms with Gasteiger partial charge in [-0.3, -0.25) is 24.3 Å². The van der Waals surface area contributed by atoms with Gasteiger partial charge < -0.3 is 4.90 Å². The lowest BCUT2D eigenvalue weighted by Gasteiger charge is -2.37. The van der Waals surface area contributed by atoms with Crippen LogP contribution in [-0.4, -0.2) is 39.8 Å². The number of nitrogens with zero attached hydrogens (tertiary/aromatic N) is 5. The molecule has 0 bridgehead atoms. The van der Waals surface area contributed by atoms with Crippen LogP contribution in [0, 0.1) is 0 Å². The van der Waals surface area contributed by atoms with Crippen molar-refractivity contribution in [2.75, 3.05) is 16.3 Å². The number of para-hydroxylation sites is 3. The molecule has 2 aliphatic heterocycles. The Kier molecular flexibility index (Phi) is 4.77. The zero-order valence-electron chi connectivity index (χ0n) is 18.7. The second-order valence-electron chi connectivity index (χ2n) is 7.89. The highest BCUT2D eigenvalue weighted by atomic mass is 16.2. The Labute approximate surface area is 190 Å². The molecule has 0 saturated carbocycles. The number of anilines is 2. The second-order valence-corrected chi connectivity index (χ2v) is 7.89. The van der Waals surface area contributed by atoms with Gasteiger partial charge in [0.2, 0.25) is 29.4 Å². The lowest BCUT2D eigenvalue weighted by Crippen LogP contribution is -2.57. The first-order valence-electron chi connectivity index (χ1n) is 11.1.